The Kier molecular flexibility index (Phi) is 5.40. The highest BCUT2D eigenvalue weighted by Crippen LogP contribution is 2.46. The minimum atomic E-state index is -0.0404. The van der Waals surface area contributed by atoms with Gasteiger partial charge in [-0.2, -0.15) is 0 Å². The summed E-state index contributed by atoms with van der Waals surface area (Å²) in [5.41, 5.74) is 16.9. The summed E-state index contributed by atoms with van der Waals surface area (Å²) in [4.78, 5) is 0. The molecule has 240 valence electrons. The zero-order valence-electron chi connectivity index (χ0n) is 30.1. The van der Waals surface area contributed by atoms with Gasteiger partial charge in [-0.15, -0.1) is 0 Å². The fourth-order valence-electron chi connectivity index (χ4n) is 8.99. The minimum absolute atomic E-state index is 0.000402. The van der Waals surface area contributed by atoms with E-state index in [0.29, 0.717) is 0 Å². The smallest absolute Gasteiger partial charge is 0.248 e. The monoisotopic (exact) mass is 635 g/mol. The Balaban J connectivity index is 1.47. The average molecular weight is 636 g/mol. The van der Waals surface area contributed by atoms with E-state index in [1.54, 1.807) is 0 Å². The predicted molar refractivity (Wildman–Crippen MR) is 212 cm³/mol. The van der Waals surface area contributed by atoms with E-state index < -0.39 is 0 Å². The van der Waals surface area contributed by atoms with Crippen molar-refractivity contribution >= 4 is 77.6 Å². The van der Waals surface area contributed by atoms with Gasteiger partial charge in [0.25, 0.3) is 0 Å². The van der Waals surface area contributed by atoms with Gasteiger partial charge in [-0.05, 0) is 96.6 Å². The third-order valence-corrected chi connectivity index (χ3v) is 11.6. The number of rotatable bonds is 0. The third kappa shape index (κ3) is 3.79. The quantitative estimate of drug-likeness (QED) is 0.152. The number of para-hydroxylation sites is 1. The minimum Gasteiger partial charge on any atom is -0.456 e. The van der Waals surface area contributed by atoms with Crippen LogP contribution in [-0.2, 0) is 16.2 Å². The standard InChI is InChI=1S/C46H42BNO/c1-44(2,3)26-17-18-35-30(20-26)31-21-27(45(4,5)6)23-34-43(31)48(35)36-24-28(46(7,8)9)22-32-41-39-25(13-12-15-33(39)47(34)42(32)36)19-38-40(41)29-14-10-11-16-37(29)49-38/h10-24H,1-9H3. The first kappa shape index (κ1) is 29.2. The fourth-order valence-corrected chi connectivity index (χ4v) is 8.99. The normalized spacial score (nSPS) is 14.2. The summed E-state index contributed by atoms with van der Waals surface area (Å²) in [5, 5.41) is 7.75. The Morgan fingerprint density at radius 1 is 0.551 bits per heavy atom. The van der Waals surface area contributed by atoms with E-state index in [-0.39, 0.29) is 23.0 Å². The molecule has 3 heteroatoms. The third-order valence-electron chi connectivity index (χ3n) is 11.6. The molecule has 2 aliphatic heterocycles. The molecule has 6 aromatic carbocycles. The molecule has 0 amide bonds. The van der Waals surface area contributed by atoms with E-state index in [0.717, 1.165) is 11.2 Å². The van der Waals surface area contributed by atoms with Crippen molar-refractivity contribution in [1.82, 2.24) is 4.57 Å². The van der Waals surface area contributed by atoms with Crippen LogP contribution >= 0.6 is 0 Å². The largest absolute Gasteiger partial charge is 0.456 e. The molecular formula is C46H42BNO. The van der Waals surface area contributed by atoms with E-state index in [9.17, 15) is 0 Å². The van der Waals surface area contributed by atoms with Crippen LogP contribution in [-0.4, -0.2) is 11.3 Å². The zero-order valence-corrected chi connectivity index (χ0v) is 30.1. The highest BCUT2D eigenvalue weighted by atomic mass is 16.3. The summed E-state index contributed by atoms with van der Waals surface area (Å²) in [6, 6.07) is 35.1. The van der Waals surface area contributed by atoms with Gasteiger partial charge in [0.15, 0.2) is 0 Å². The molecule has 0 N–H and O–H groups in total. The van der Waals surface area contributed by atoms with Crippen molar-refractivity contribution in [1.29, 1.82) is 0 Å². The van der Waals surface area contributed by atoms with Gasteiger partial charge in [-0.3, -0.25) is 0 Å². The zero-order chi connectivity index (χ0) is 33.9. The second-order valence-corrected chi connectivity index (χ2v) is 17.8. The molecule has 4 heterocycles. The molecule has 0 unspecified atom stereocenters. The molecule has 2 nitrogen and oxygen atoms in total. The predicted octanol–water partition coefficient (Wildman–Crippen LogP) is 10.5. The SMILES string of the molecule is CC(C)(C)c1cc2c3c(c1)-n1c4ccc(C(C)(C)C)cc4c4cc(C(C)(C)C)cc(c41)B3c1cccc3cc4oc5ccccc5c4c-2c13. The summed E-state index contributed by atoms with van der Waals surface area (Å²) in [6.45, 7) is 21.2. The van der Waals surface area contributed by atoms with Gasteiger partial charge in [0.2, 0.25) is 6.71 Å². The van der Waals surface area contributed by atoms with Gasteiger partial charge in [0.1, 0.15) is 11.2 Å². The highest BCUT2D eigenvalue weighted by Gasteiger charge is 2.42. The first-order valence-electron chi connectivity index (χ1n) is 17.9. The van der Waals surface area contributed by atoms with E-state index in [1.165, 1.54) is 93.2 Å². The van der Waals surface area contributed by atoms with Crippen molar-refractivity contribution in [2.75, 3.05) is 0 Å². The molecule has 0 aliphatic carbocycles. The molecule has 0 bridgehead atoms. The van der Waals surface area contributed by atoms with Crippen LogP contribution in [0.4, 0.5) is 0 Å². The first-order chi connectivity index (χ1) is 23.2. The number of hydrogen-bond acceptors (Lipinski definition) is 1. The summed E-state index contributed by atoms with van der Waals surface area (Å²) in [7, 11) is 0. The molecular weight excluding hydrogens is 593 g/mol. The van der Waals surface area contributed by atoms with Crippen LogP contribution in [0.15, 0.2) is 95.4 Å². The Labute approximate surface area is 288 Å². The Bertz CT molecular complexity index is 2770. The number of nitrogens with zero attached hydrogens (tertiary/aromatic N) is 1. The van der Waals surface area contributed by atoms with Gasteiger partial charge in [-0.25, -0.2) is 0 Å². The number of aromatic nitrogens is 1. The highest BCUT2D eigenvalue weighted by molar-refractivity contribution is 7.01. The van der Waals surface area contributed by atoms with Crippen LogP contribution in [0.3, 0.4) is 0 Å². The van der Waals surface area contributed by atoms with Crippen LogP contribution in [0.1, 0.15) is 79.0 Å². The summed E-state index contributed by atoms with van der Waals surface area (Å²) >= 11 is 0. The molecule has 10 rings (SSSR count). The molecule has 0 fully saturated rings. The number of hydrogen-bond donors (Lipinski definition) is 0. The summed E-state index contributed by atoms with van der Waals surface area (Å²) in [5.74, 6) is 0. The molecule has 8 aromatic rings. The number of furan rings is 1. The average Bonchev–Trinajstić information content (AvgIpc) is 3.58. The van der Waals surface area contributed by atoms with Crippen molar-refractivity contribution in [2.24, 2.45) is 0 Å². The Morgan fingerprint density at radius 2 is 1.27 bits per heavy atom. The first-order valence-corrected chi connectivity index (χ1v) is 17.9. The molecule has 2 aliphatic rings. The molecule has 0 saturated carbocycles. The molecule has 0 atom stereocenters. The van der Waals surface area contributed by atoms with Crippen molar-refractivity contribution in [3.63, 3.8) is 0 Å². The van der Waals surface area contributed by atoms with Gasteiger partial charge < -0.3 is 8.98 Å². The lowest BCUT2D eigenvalue weighted by Gasteiger charge is -2.36. The van der Waals surface area contributed by atoms with Crippen LogP contribution < -0.4 is 16.4 Å². The summed E-state index contributed by atoms with van der Waals surface area (Å²) < 4.78 is 9.24. The van der Waals surface area contributed by atoms with Crippen LogP contribution in [0.2, 0.25) is 0 Å². The molecule has 2 aromatic heterocycles. The van der Waals surface area contributed by atoms with Crippen molar-refractivity contribution in [3.8, 4) is 16.8 Å². The van der Waals surface area contributed by atoms with E-state index in [2.05, 4.69) is 158 Å². The molecule has 0 saturated heterocycles. The van der Waals surface area contributed by atoms with Gasteiger partial charge >= 0.3 is 0 Å². The van der Waals surface area contributed by atoms with E-state index in [4.69, 9.17) is 4.42 Å². The second-order valence-electron chi connectivity index (χ2n) is 17.8. The van der Waals surface area contributed by atoms with Crippen molar-refractivity contribution in [2.45, 2.75) is 78.6 Å². The van der Waals surface area contributed by atoms with Crippen molar-refractivity contribution in [3.05, 3.63) is 108 Å². The molecule has 0 spiro atoms. The topological polar surface area (TPSA) is 18.1 Å². The fraction of sp³-hybridized carbons (Fsp3) is 0.261. The second kappa shape index (κ2) is 9.07. The lowest BCUT2D eigenvalue weighted by atomic mass is 9.32. The maximum Gasteiger partial charge on any atom is 0.248 e. The molecule has 49 heavy (non-hydrogen) atoms. The lowest BCUT2D eigenvalue weighted by Crippen LogP contribution is -2.58. The van der Waals surface area contributed by atoms with Gasteiger partial charge in [-0.1, -0.05) is 122 Å². The van der Waals surface area contributed by atoms with E-state index >= 15 is 0 Å². The maximum atomic E-state index is 6.61. The van der Waals surface area contributed by atoms with E-state index in [1.807, 2.05) is 0 Å². The van der Waals surface area contributed by atoms with Gasteiger partial charge in [0, 0.05) is 38.3 Å². The van der Waals surface area contributed by atoms with Crippen LogP contribution in [0.5, 0.6) is 0 Å². The summed E-state index contributed by atoms with van der Waals surface area (Å²) in [6.07, 6.45) is 0. The van der Waals surface area contributed by atoms with Crippen LogP contribution in [0.25, 0.3) is 71.3 Å². The maximum absolute atomic E-state index is 6.61. The van der Waals surface area contributed by atoms with Crippen molar-refractivity contribution < 1.29 is 4.42 Å². The molecule has 0 radical (unpaired) electrons. The Morgan fingerprint density at radius 3 is 2.02 bits per heavy atom. The van der Waals surface area contributed by atoms with Crippen LogP contribution in [0, 0.1) is 0 Å². The number of benzene rings is 6. The number of fused-ring (bicyclic) bond motifs is 11. The van der Waals surface area contributed by atoms with Gasteiger partial charge in [0.05, 0.1) is 5.52 Å². The Hall–Kier alpha value is -4.76. The lowest BCUT2D eigenvalue weighted by molar-refractivity contribution is 0.590.